The molecule has 0 atom stereocenters. The van der Waals surface area contributed by atoms with Crippen LogP contribution in [0.2, 0.25) is 0 Å². The molecule has 6 nitrogen and oxygen atoms in total. The third-order valence-electron chi connectivity index (χ3n) is 8.06. The lowest BCUT2D eigenvalue weighted by Gasteiger charge is -2.40. The van der Waals surface area contributed by atoms with Crippen molar-refractivity contribution in [2.24, 2.45) is 11.3 Å². The number of quaternary nitrogens is 2. The second-order valence-corrected chi connectivity index (χ2v) is 11.1. The van der Waals surface area contributed by atoms with Gasteiger partial charge in [-0.25, -0.2) is 9.69 Å². The summed E-state index contributed by atoms with van der Waals surface area (Å²) >= 11 is 0. The highest BCUT2D eigenvalue weighted by molar-refractivity contribution is 6.06. The van der Waals surface area contributed by atoms with E-state index in [1.165, 1.54) is 20.9 Å². The first-order chi connectivity index (χ1) is 14.7. The van der Waals surface area contributed by atoms with Crippen LogP contribution < -0.4 is 15.1 Å². The van der Waals surface area contributed by atoms with Crippen molar-refractivity contribution in [2.45, 2.75) is 65.5 Å². The maximum absolute atomic E-state index is 13.3. The zero-order chi connectivity index (χ0) is 22.2. The van der Waals surface area contributed by atoms with E-state index in [0.717, 1.165) is 58.4 Å². The Morgan fingerprint density at radius 3 is 2.26 bits per heavy atom. The molecular formula is C25H40N4O2+2. The van der Waals surface area contributed by atoms with Gasteiger partial charge in [-0.1, -0.05) is 45.0 Å². The van der Waals surface area contributed by atoms with Gasteiger partial charge in [0.2, 0.25) is 0 Å². The molecular weight excluding hydrogens is 388 g/mol. The van der Waals surface area contributed by atoms with Gasteiger partial charge >= 0.3 is 6.03 Å². The van der Waals surface area contributed by atoms with Gasteiger partial charge in [-0.3, -0.25) is 4.79 Å². The van der Waals surface area contributed by atoms with Gasteiger partial charge in [0.25, 0.3) is 5.91 Å². The molecule has 2 aliphatic heterocycles. The van der Waals surface area contributed by atoms with Crippen molar-refractivity contribution in [2.75, 3.05) is 32.8 Å². The molecule has 1 aromatic carbocycles. The van der Waals surface area contributed by atoms with Crippen molar-refractivity contribution in [3.05, 3.63) is 35.4 Å². The molecule has 0 unspecified atom stereocenters. The summed E-state index contributed by atoms with van der Waals surface area (Å²) in [6, 6.07) is 8.44. The molecule has 6 heteroatoms. The predicted octanol–water partition coefficient (Wildman–Crippen LogP) is 0.763. The van der Waals surface area contributed by atoms with Crippen LogP contribution in [-0.4, -0.2) is 55.2 Å². The van der Waals surface area contributed by atoms with Crippen molar-refractivity contribution in [1.29, 1.82) is 0 Å². The first kappa shape index (κ1) is 22.3. The molecule has 0 bridgehead atoms. The van der Waals surface area contributed by atoms with Crippen molar-refractivity contribution in [3.63, 3.8) is 0 Å². The lowest BCUT2D eigenvalue weighted by molar-refractivity contribution is -1.02. The zero-order valence-electron chi connectivity index (χ0n) is 19.7. The van der Waals surface area contributed by atoms with Crippen LogP contribution >= 0.6 is 0 Å². The minimum Gasteiger partial charge on any atom is -0.323 e. The van der Waals surface area contributed by atoms with Crippen LogP contribution in [0.5, 0.6) is 0 Å². The summed E-state index contributed by atoms with van der Waals surface area (Å²) in [7, 11) is 0. The number of nitrogens with zero attached hydrogens (tertiary/aromatic N) is 1. The summed E-state index contributed by atoms with van der Waals surface area (Å²) in [6.07, 6.45) is 3.58. The van der Waals surface area contributed by atoms with E-state index in [1.54, 1.807) is 4.90 Å². The topological polar surface area (TPSA) is 58.3 Å². The molecule has 2 saturated heterocycles. The van der Waals surface area contributed by atoms with Crippen LogP contribution in [0.25, 0.3) is 0 Å². The predicted molar refractivity (Wildman–Crippen MR) is 121 cm³/mol. The van der Waals surface area contributed by atoms with Crippen LogP contribution in [0.1, 0.15) is 57.6 Å². The highest BCUT2D eigenvalue weighted by atomic mass is 16.2. The number of piperazine rings is 1. The van der Waals surface area contributed by atoms with E-state index in [4.69, 9.17) is 0 Å². The molecule has 2 heterocycles. The Balaban J connectivity index is 1.30. The summed E-state index contributed by atoms with van der Waals surface area (Å²) in [5, 5.41) is 3.10. The number of amides is 3. The number of carbonyl (C=O) groups is 2. The molecule has 1 spiro atoms. The Hall–Kier alpha value is -1.92. The maximum Gasteiger partial charge on any atom is 0.329 e. The van der Waals surface area contributed by atoms with Gasteiger partial charge in [0.15, 0.2) is 6.67 Å². The van der Waals surface area contributed by atoms with Crippen LogP contribution in [0, 0.1) is 18.3 Å². The van der Waals surface area contributed by atoms with Gasteiger partial charge < -0.3 is 15.1 Å². The number of benzene rings is 1. The van der Waals surface area contributed by atoms with E-state index in [0.29, 0.717) is 12.6 Å². The van der Waals surface area contributed by atoms with E-state index in [-0.39, 0.29) is 17.4 Å². The summed E-state index contributed by atoms with van der Waals surface area (Å²) in [4.78, 5) is 30.5. The van der Waals surface area contributed by atoms with E-state index in [9.17, 15) is 9.59 Å². The molecule has 0 radical (unpaired) electrons. The molecule has 1 saturated carbocycles. The van der Waals surface area contributed by atoms with Gasteiger partial charge in [-0.2, -0.15) is 0 Å². The minimum atomic E-state index is -0.643. The maximum atomic E-state index is 13.3. The highest BCUT2D eigenvalue weighted by Crippen LogP contribution is 2.43. The smallest absolute Gasteiger partial charge is 0.323 e. The van der Waals surface area contributed by atoms with Crippen LogP contribution in [0.3, 0.4) is 0 Å². The van der Waals surface area contributed by atoms with Crippen molar-refractivity contribution in [1.82, 2.24) is 10.2 Å². The SMILES string of the molecule is Cc1ccccc1C[NH+]1CC[NH+](CN2C(=O)NC3(CCC(C(C)(C)C)CC3)C2=O)CC1. The van der Waals surface area contributed by atoms with Crippen LogP contribution in [0.4, 0.5) is 4.79 Å². The van der Waals surface area contributed by atoms with Crippen LogP contribution in [0.15, 0.2) is 24.3 Å². The summed E-state index contributed by atoms with van der Waals surface area (Å²) < 4.78 is 0. The Morgan fingerprint density at radius 1 is 1.03 bits per heavy atom. The van der Waals surface area contributed by atoms with E-state index >= 15 is 0 Å². The molecule has 3 amide bonds. The number of urea groups is 1. The third-order valence-corrected chi connectivity index (χ3v) is 8.06. The summed E-state index contributed by atoms with van der Waals surface area (Å²) in [5.74, 6) is 0.638. The number of nitrogens with one attached hydrogen (secondary N) is 3. The first-order valence-corrected chi connectivity index (χ1v) is 12.0. The second-order valence-electron chi connectivity index (χ2n) is 11.1. The number of carbonyl (C=O) groups excluding carboxylic acids is 2. The molecule has 1 aliphatic carbocycles. The molecule has 3 N–H and O–H groups in total. The number of aryl methyl sites for hydroxylation is 1. The molecule has 3 fully saturated rings. The number of imide groups is 1. The Morgan fingerprint density at radius 2 is 1.65 bits per heavy atom. The largest absolute Gasteiger partial charge is 0.329 e. The van der Waals surface area contributed by atoms with Gasteiger partial charge in [0.05, 0.1) is 0 Å². The number of hydrogen-bond acceptors (Lipinski definition) is 2. The number of hydrogen-bond donors (Lipinski definition) is 3. The first-order valence-electron chi connectivity index (χ1n) is 12.0. The molecule has 3 aliphatic rings. The van der Waals surface area contributed by atoms with E-state index < -0.39 is 5.54 Å². The van der Waals surface area contributed by atoms with Crippen molar-refractivity contribution < 1.29 is 19.4 Å². The van der Waals surface area contributed by atoms with Gasteiger partial charge in [-0.15, -0.1) is 0 Å². The van der Waals surface area contributed by atoms with Gasteiger partial charge in [-0.05, 0) is 49.5 Å². The van der Waals surface area contributed by atoms with Crippen molar-refractivity contribution >= 4 is 11.9 Å². The lowest BCUT2D eigenvalue weighted by atomic mass is 9.67. The molecule has 1 aromatic rings. The average molecular weight is 429 g/mol. The fraction of sp³-hybridized carbons (Fsp3) is 0.680. The fourth-order valence-electron chi connectivity index (χ4n) is 5.73. The number of rotatable bonds is 4. The summed E-state index contributed by atoms with van der Waals surface area (Å²) in [6.45, 7) is 14.7. The quantitative estimate of drug-likeness (QED) is 0.621. The zero-order valence-corrected chi connectivity index (χ0v) is 19.7. The Bertz CT molecular complexity index is 815. The molecule has 4 rings (SSSR count). The second kappa shape index (κ2) is 8.55. The fourth-order valence-corrected chi connectivity index (χ4v) is 5.73. The van der Waals surface area contributed by atoms with Gasteiger partial charge in [0.1, 0.15) is 38.3 Å². The monoisotopic (exact) mass is 428 g/mol. The molecule has 170 valence electrons. The highest BCUT2D eigenvalue weighted by Gasteiger charge is 2.54. The third kappa shape index (κ3) is 4.65. The molecule has 0 aromatic heterocycles. The molecule has 31 heavy (non-hydrogen) atoms. The Kier molecular flexibility index (Phi) is 6.14. The van der Waals surface area contributed by atoms with Crippen molar-refractivity contribution in [3.8, 4) is 0 Å². The normalized spacial score (nSPS) is 31.9. The average Bonchev–Trinajstić information content (AvgIpc) is 2.95. The van der Waals surface area contributed by atoms with Gasteiger partial charge in [0, 0.05) is 5.56 Å². The minimum absolute atomic E-state index is 0.0204. The van der Waals surface area contributed by atoms with E-state index in [2.05, 4.69) is 57.3 Å². The lowest BCUT2D eigenvalue weighted by Crippen LogP contribution is -3.28. The van der Waals surface area contributed by atoms with Crippen LogP contribution in [-0.2, 0) is 11.3 Å². The Labute approximate surface area is 187 Å². The van der Waals surface area contributed by atoms with E-state index in [1.807, 2.05) is 0 Å². The standard InChI is InChI=1S/C25H38N4O2/c1-19-7-5-6-8-20(19)17-27-13-15-28(16-14-27)18-29-22(30)25(26-23(29)31)11-9-21(10-12-25)24(2,3)4/h5-8,21H,9-18H2,1-4H3,(H,26,31)/p+2. The summed E-state index contributed by atoms with van der Waals surface area (Å²) in [5.41, 5.74) is 2.39.